The van der Waals surface area contributed by atoms with E-state index < -0.39 is 22.5 Å². The van der Waals surface area contributed by atoms with Crippen LogP contribution in [0, 0.1) is 27.7 Å². The van der Waals surface area contributed by atoms with Crippen molar-refractivity contribution in [1.82, 2.24) is 9.99 Å². The summed E-state index contributed by atoms with van der Waals surface area (Å²) < 4.78 is 35.8. The number of hydrogen-bond acceptors (Lipinski definition) is 5. The largest absolute Gasteiger partial charge is 0.494 e. The predicted octanol–water partition coefficient (Wildman–Crippen LogP) is 6.11. The Morgan fingerprint density at radius 2 is 1.66 bits per heavy atom. The van der Waals surface area contributed by atoms with E-state index in [9.17, 15) is 13.2 Å². The van der Waals surface area contributed by atoms with Gasteiger partial charge < -0.3 is 9.30 Å². The van der Waals surface area contributed by atoms with Crippen molar-refractivity contribution in [2.24, 2.45) is 5.10 Å². The van der Waals surface area contributed by atoms with Gasteiger partial charge in [-0.05, 0) is 112 Å². The number of ether oxygens (including phenoxy) is 1. The first-order chi connectivity index (χ1) is 19.5. The molecule has 1 N–H and O–H groups in total. The molecule has 0 radical (unpaired) electrons. The molecule has 0 bridgehead atoms. The van der Waals surface area contributed by atoms with E-state index in [1.165, 1.54) is 35.4 Å². The fourth-order valence-electron chi connectivity index (χ4n) is 4.44. The lowest BCUT2D eigenvalue weighted by Gasteiger charge is -2.24. The monoisotopic (exact) mass is 592 g/mol. The maximum atomic E-state index is 13.6. The number of hydrazone groups is 1. The maximum Gasteiger partial charge on any atom is 0.264 e. The van der Waals surface area contributed by atoms with Crippen molar-refractivity contribution in [3.05, 3.63) is 106 Å². The first-order valence-corrected chi connectivity index (χ1v) is 14.9. The highest BCUT2D eigenvalue weighted by atomic mass is 35.5. The number of carbonyl (C=O) groups excluding carboxylic acids is 1. The smallest absolute Gasteiger partial charge is 0.264 e. The molecule has 0 saturated heterocycles. The minimum absolute atomic E-state index is 0.00543. The lowest BCUT2D eigenvalue weighted by atomic mass is 10.1. The Morgan fingerprint density at radius 3 is 2.29 bits per heavy atom. The number of aryl methyl sites for hydroxylation is 3. The lowest BCUT2D eigenvalue weighted by molar-refractivity contribution is -0.119. The number of nitrogens with one attached hydrogen (secondary N) is 1. The van der Waals surface area contributed by atoms with Crippen LogP contribution in [0.2, 0.25) is 5.02 Å². The molecule has 1 aromatic heterocycles. The van der Waals surface area contributed by atoms with Gasteiger partial charge in [-0.15, -0.1) is 0 Å². The Hall–Kier alpha value is -4.08. The van der Waals surface area contributed by atoms with Crippen LogP contribution in [0.4, 0.5) is 5.69 Å². The highest BCUT2D eigenvalue weighted by molar-refractivity contribution is 7.92. The van der Waals surface area contributed by atoms with Gasteiger partial charge in [0.2, 0.25) is 0 Å². The van der Waals surface area contributed by atoms with Crippen LogP contribution >= 0.6 is 11.6 Å². The van der Waals surface area contributed by atoms with Crippen molar-refractivity contribution >= 4 is 39.4 Å². The van der Waals surface area contributed by atoms with Gasteiger partial charge in [0, 0.05) is 27.7 Å². The third kappa shape index (κ3) is 6.81. The molecule has 0 aliphatic rings. The molecule has 214 valence electrons. The molecule has 4 rings (SSSR count). The summed E-state index contributed by atoms with van der Waals surface area (Å²) in [4.78, 5) is 13.0. The van der Waals surface area contributed by atoms with Crippen molar-refractivity contribution in [3.8, 4) is 11.4 Å². The number of hydrogen-bond donors (Lipinski definition) is 1. The minimum Gasteiger partial charge on any atom is -0.494 e. The normalized spacial score (nSPS) is 11.6. The number of aromatic nitrogens is 1. The van der Waals surface area contributed by atoms with E-state index >= 15 is 0 Å². The summed E-state index contributed by atoms with van der Waals surface area (Å²) in [5, 5.41) is 4.54. The van der Waals surface area contributed by atoms with Crippen LogP contribution < -0.4 is 14.5 Å². The molecule has 0 saturated carbocycles. The Bertz CT molecular complexity index is 1680. The van der Waals surface area contributed by atoms with Gasteiger partial charge in [-0.1, -0.05) is 17.7 Å². The molecular formula is C31H33ClN4O4S. The molecule has 8 nitrogen and oxygen atoms in total. The summed E-state index contributed by atoms with van der Waals surface area (Å²) in [6, 6.07) is 20.6. The van der Waals surface area contributed by atoms with Crippen LogP contribution in [0.15, 0.2) is 82.8 Å². The molecule has 1 amide bonds. The van der Waals surface area contributed by atoms with Crippen molar-refractivity contribution in [1.29, 1.82) is 0 Å². The Kier molecular flexibility index (Phi) is 9.20. The summed E-state index contributed by atoms with van der Waals surface area (Å²) in [5.41, 5.74) is 9.06. The third-order valence-electron chi connectivity index (χ3n) is 6.74. The second-order valence-corrected chi connectivity index (χ2v) is 11.9. The van der Waals surface area contributed by atoms with E-state index in [1.54, 1.807) is 30.5 Å². The Morgan fingerprint density at radius 1 is 0.976 bits per heavy atom. The van der Waals surface area contributed by atoms with Gasteiger partial charge in [0.25, 0.3) is 15.9 Å². The van der Waals surface area contributed by atoms with Crippen LogP contribution in [0.25, 0.3) is 5.69 Å². The average molecular weight is 593 g/mol. The fourth-order valence-corrected chi connectivity index (χ4v) is 5.99. The molecule has 3 aromatic carbocycles. The molecular weight excluding hydrogens is 560 g/mol. The van der Waals surface area contributed by atoms with Crippen LogP contribution in [-0.4, -0.2) is 38.3 Å². The van der Waals surface area contributed by atoms with Crippen LogP contribution in [0.5, 0.6) is 5.75 Å². The summed E-state index contributed by atoms with van der Waals surface area (Å²) in [7, 11) is -4.10. The number of sulfonamides is 1. The summed E-state index contributed by atoms with van der Waals surface area (Å²) in [5.74, 6) is -0.0109. The first kappa shape index (κ1) is 29.9. The van der Waals surface area contributed by atoms with E-state index in [0.717, 1.165) is 26.9 Å². The first-order valence-electron chi connectivity index (χ1n) is 13.1. The van der Waals surface area contributed by atoms with Gasteiger partial charge in [0.15, 0.2) is 0 Å². The molecule has 10 heteroatoms. The van der Waals surface area contributed by atoms with Crippen molar-refractivity contribution in [3.63, 3.8) is 0 Å². The Labute approximate surface area is 246 Å². The van der Waals surface area contributed by atoms with E-state index in [-0.39, 0.29) is 4.90 Å². The molecule has 0 fully saturated rings. The summed E-state index contributed by atoms with van der Waals surface area (Å²) >= 11 is 5.96. The zero-order chi connectivity index (χ0) is 29.7. The number of nitrogens with zero attached hydrogens (tertiary/aromatic N) is 3. The van der Waals surface area contributed by atoms with Gasteiger partial charge in [0.1, 0.15) is 12.3 Å². The molecule has 0 spiro atoms. The zero-order valence-corrected chi connectivity index (χ0v) is 25.3. The standard InChI is InChI=1S/C31H33ClN4O4S/c1-6-40-29-13-11-27(12-14-29)35(41(38,39)30-15-8-26(32)9-16-30)20-31(37)34-33-19-25-18-23(4)36(24(25)5)28-10-7-21(2)22(3)17-28/h7-19H,6,20H2,1-5H3,(H,34,37)/b33-19-. The molecule has 1 heterocycles. The SMILES string of the molecule is CCOc1ccc(N(CC(=O)N/N=C\c2cc(C)n(-c3ccc(C)c(C)c3)c2C)S(=O)(=O)c2ccc(Cl)cc2)cc1. The van der Waals surface area contributed by atoms with Crippen LogP contribution in [-0.2, 0) is 14.8 Å². The Balaban J connectivity index is 1.56. The molecule has 41 heavy (non-hydrogen) atoms. The topological polar surface area (TPSA) is 93.0 Å². The van der Waals surface area contributed by atoms with E-state index in [4.69, 9.17) is 16.3 Å². The molecule has 4 aromatic rings. The van der Waals surface area contributed by atoms with Crippen molar-refractivity contribution < 1.29 is 17.9 Å². The van der Waals surface area contributed by atoms with Gasteiger partial charge in [0.05, 0.1) is 23.4 Å². The highest BCUT2D eigenvalue weighted by Gasteiger charge is 2.27. The van der Waals surface area contributed by atoms with Gasteiger partial charge in [-0.2, -0.15) is 5.10 Å². The second-order valence-electron chi connectivity index (χ2n) is 9.62. The second kappa shape index (κ2) is 12.6. The van der Waals surface area contributed by atoms with Gasteiger partial charge >= 0.3 is 0 Å². The minimum atomic E-state index is -4.10. The summed E-state index contributed by atoms with van der Waals surface area (Å²) in [6.07, 6.45) is 1.56. The van der Waals surface area contributed by atoms with Gasteiger partial charge in [-0.25, -0.2) is 13.8 Å². The number of amides is 1. The van der Waals surface area contributed by atoms with E-state index in [1.807, 2.05) is 26.8 Å². The quantitative estimate of drug-likeness (QED) is 0.178. The molecule has 0 aliphatic carbocycles. The predicted molar refractivity (Wildman–Crippen MR) is 164 cm³/mol. The average Bonchev–Trinajstić information content (AvgIpc) is 3.22. The number of halogens is 1. The number of anilines is 1. The van der Waals surface area contributed by atoms with Crippen LogP contribution in [0.3, 0.4) is 0 Å². The fraction of sp³-hybridized carbons (Fsp3) is 0.226. The molecule has 0 unspecified atom stereocenters. The number of benzene rings is 3. The lowest BCUT2D eigenvalue weighted by Crippen LogP contribution is -2.39. The van der Waals surface area contributed by atoms with Gasteiger partial charge in [-0.3, -0.25) is 9.10 Å². The maximum absolute atomic E-state index is 13.6. The van der Waals surface area contributed by atoms with Crippen molar-refractivity contribution in [2.45, 2.75) is 39.5 Å². The van der Waals surface area contributed by atoms with Crippen LogP contribution in [0.1, 0.15) is 35.0 Å². The highest BCUT2D eigenvalue weighted by Crippen LogP contribution is 2.27. The molecule has 0 atom stereocenters. The van der Waals surface area contributed by atoms with E-state index in [2.05, 4.69) is 47.1 Å². The van der Waals surface area contributed by atoms with E-state index in [0.29, 0.717) is 23.1 Å². The third-order valence-corrected chi connectivity index (χ3v) is 8.78. The number of carbonyl (C=O) groups is 1. The summed E-state index contributed by atoms with van der Waals surface area (Å²) in [6.45, 7) is 9.99. The zero-order valence-electron chi connectivity index (χ0n) is 23.7. The number of rotatable bonds is 10. The van der Waals surface area contributed by atoms with Crippen molar-refractivity contribution in [2.75, 3.05) is 17.5 Å². The molecule has 0 aliphatic heterocycles.